The van der Waals surface area contributed by atoms with Crippen LogP contribution >= 0.6 is 0 Å². The molecule has 0 aliphatic heterocycles. The number of amides is 1. The van der Waals surface area contributed by atoms with Crippen molar-refractivity contribution >= 4 is 5.91 Å². The first kappa shape index (κ1) is 11.4. The molecule has 0 bridgehead atoms. The summed E-state index contributed by atoms with van der Waals surface area (Å²) in [6.45, 7) is 0.172. The number of carbonyl (C=O) groups is 1. The van der Waals surface area contributed by atoms with Crippen LogP contribution in [0.25, 0.3) is 0 Å². The van der Waals surface area contributed by atoms with E-state index in [2.05, 4.69) is 9.47 Å². The number of carbonyl (C=O) groups excluding carboxylic acids is 1. The summed E-state index contributed by atoms with van der Waals surface area (Å²) in [6.07, 6.45) is -0.934. The lowest BCUT2D eigenvalue weighted by atomic mass is 10.5. The fraction of sp³-hybridized carbons (Fsp3) is 0.857. The van der Waals surface area contributed by atoms with E-state index in [4.69, 9.17) is 5.11 Å². The van der Waals surface area contributed by atoms with Crippen LogP contribution in [0.2, 0.25) is 0 Å². The van der Waals surface area contributed by atoms with Crippen molar-refractivity contribution < 1.29 is 19.4 Å². The van der Waals surface area contributed by atoms with Crippen molar-refractivity contribution in [2.45, 2.75) is 6.29 Å². The second-order valence-corrected chi connectivity index (χ2v) is 2.40. The molecule has 1 N–H and O–H groups in total. The molecule has 0 aromatic carbocycles. The Kier molecular flexibility index (Phi) is 5.61. The molecule has 5 heteroatoms. The first-order valence-corrected chi connectivity index (χ1v) is 3.55. The van der Waals surface area contributed by atoms with E-state index in [0.717, 1.165) is 0 Å². The van der Waals surface area contributed by atoms with Crippen molar-refractivity contribution in [1.29, 1.82) is 0 Å². The summed E-state index contributed by atoms with van der Waals surface area (Å²) < 4.78 is 9.20. The minimum Gasteiger partial charge on any atom is -0.375 e. The van der Waals surface area contributed by atoms with E-state index in [1.165, 1.54) is 19.1 Å². The fourth-order valence-corrected chi connectivity index (χ4v) is 0.644. The van der Waals surface area contributed by atoms with Gasteiger partial charge in [0.05, 0.1) is 6.54 Å². The zero-order valence-corrected chi connectivity index (χ0v) is 7.61. The van der Waals surface area contributed by atoms with Crippen LogP contribution in [0.3, 0.4) is 0 Å². The molecule has 0 heterocycles. The highest BCUT2D eigenvalue weighted by Gasteiger charge is 2.11. The smallest absolute Gasteiger partial charge is 0.248 e. The molecule has 0 saturated heterocycles. The maximum atomic E-state index is 11.0. The predicted octanol–water partition coefficient (Wildman–Crippen LogP) is -0.944. The number of methoxy groups -OCH3 is 2. The Morgan fingerprint density at radius 1 is 1.58 bits per heavy atom. The van der Waals surface area contributed by atoms with Crippen LogP contribution in [0.4, 0.5) is 0 Å². The number of hydrogen-bond donors (Lipinski definition) is 1. The standard InChI is InChI=1S/C7H15NO4/c1-8(4-7(10)12-3)6(9)5-11-2/h7,10H,4-5H2,1-3H3. The van der Waals surface area contributed by atoms with Gasteiger partial charge in [-0.05, 0) is 0 Å². The largest absolute Gasteiger partial charge is 0.375 e. The van der Waals surface area contributed by atoms with Crippen LogP contribution in [0.5, 0.6) is 0 Å². The normalized spacial score (nSPS) is 12.7. The van der Waals surface area contributed by atoms with Gasteiger partial charge in [-0.25, -0.2) is 0 Å². The Morgan fingerprint density at radius 2 is 2.17 bits per heavy atom. The molecule has 0 aromatic rings. The molecule has 0 fully saturated rings. The average Bonchev–Trinajstić information content (AvgIpc) is 2.04. The SMILES string of the molecule is COCC(=O)N(C)CC(O)OC. The number of hydrogen-bond acceptors (Lipinski definition) is 4. The van der Waals surface area contributed by atoms with Crippen molar-refractivity contribution in [2.75, 3.05) is 34.4 Å². The second kappa shape index (κ2) is 5.93. The van der Waals surface area contributed by atoms with Crippen molar-refractivity contribution in [1.82, 2.24) is 4.90 Å². The Labute approximate surface area is 71.9 Å². The highest BCUT2D eigenvalue weighted by molar-refractivity contribution is 5.77. The second-order valence-electron chi connectivity index (χ2n) is 2.40. The molecule has 0 aliphatic rings. The molecule has 1 amide bonds. The molecular weight excluding hydrogens is 162 g/mol. The van der Waals surface area contributed by atoms with Crippen LogP contribution in [0, 0.1) is 0 Å². The highest BCUT2D eigenvalue weighted by Crippen LogP contribution is 1.90. The van der Waals surface area contributed by atoms with Gasteiger partial charge in [-0.1, -0.05) is 0 Å². The molecule has 0 radical (unpaired) electrons. The number of aliphatic hydroxyl groups is 1. The third kappa shape index (κ3) is 4.27. The van der Waals surface area contributed by atoms with Crippen LogP contribution < -0.4 is 0 Å². The lowest BCUT2D eigenvalue weighted by Crippen LogP contribution is -2.36. The molecular formula is C7H15NO4. The number of ether oxygens (including phenoxy) is 2. The summed E-state index contributed by atoms with van der Waals surface area (Å²) in [4.78, 5) is 12.4. The molecule has 72 valence electrons. The number of rotatable bonds is 5. The third-order valence-corrected chi connectivity index (χ3v) is 1.40. The van der Waals surface area contributed by atoms with Gasteiger partial charge in [-0.15, -0.1) is 0 Å². The minimum atomic E-state index is -0.934. The van der Waals surface area contributed by atoms with Gasteiger partial charge in [0.25, 0.3) is 0 Å². The van der Waals surface area contributed by atoms with Gasteiger partial charge in [0, 0.05) is 21.3 Å². The monoisotopic (exact) mass is 177 g/mol. The molecule has 0 aromatic heterocycles. The van der Waals surface area contributed by atoms with Gasteiger partial charge < -0.3 is 19.5 Å². The summed E-state index contributed by atoms with van der Waals surface area (Å²) >= 11 is 0. The summed E-state index contributed by atoms with van der Waals surface area (Å²) in [5.41, 5.74) is 0. The summed E-state index contributed by atoms with van der Waals surface area (Å²) in [6, 6.07) is 0. The maximum Gasteiger partial charge on any atom is 0.248 e. The van der Waals surface area contributed by atoms with Gasteiger partial charge in [-0.3, -0.25) is 4.79 Å². The van der Waals surface area contributed by atoms with Crippen LogP contribution in [0.15, 0.2) is 0 Å². The summed E-state index contributed by atoms with van der Waals surface area (Å²) in [5.74, 6) is -0.186. The predicted molar refractivity (Wildman–Crippen MR) is 42.5 cm³/mol. The van der Waals surface area contributed by atoms with Crippen LogP contribution in [0.1, 0.15) is 0 Å². The summed E-state index contributed by atoms with van der Waals surface area (Å²) in [7, 11) is 4.39. The third-order valence-electron chi connectivity index (χ3n) is 1.40. The van der Waals surface area contributed by atoms with Crippen molar-refractivity contribution in [2.24, 2.45) is 0 Å². The van der Waals surface area contributed by atoms with E-state index in [1.54, 1.807) is 7.05 Å². The van der Waals surface area contributed by atoms with Crippen molar-refractivity contribution in [3.63, 3.8) is 0 Å². The first-order chi connectivity index (χ1) is 5.61. The average molecular weight is 177 g/mol. The van der Waals surface area contributed by atoms with E-state index in [-0.39, 0.29) is 19.1 Å². The Morgan fingerprint density at radius 3 is 2.58 bits per heavy atom. The zero-order chi connectivity index (χ0) is 9.56. The van der Waals surface area contributed by atoms with Crippen LogP contribution in [-0.2, 0) is 14.3 Å². The molecule has 12 heavy (non-hydrogen) atoms. The van der Waals surface area contributed by atoms with E-state index in [9.17, 15) is 4.79 Å². The molecule has 0 rings (SSSR count). The molecule has 0 aliphatic carbocycles. The zero-order valence-electron chi connectivity index (χ0n) is 7.61. The quantitative estimate of drug-likeness (QED) is 0.550. The lowest BCUT2D eigenvalue weighted by molar-refractivity contribution is -0.141. The Hall–Kier alpha value is -0.650. The highest BCUT2D eigenvalue weighted by atomic mass is 16.6. The maximum absolute atomic E-state index is 11.0. The van der Waals surface area contributed by atoms with Crippen LogP contribution in [-0.4, -0.2) is 56.6 Å². The fourth-order valence-electron chi connectivity index (χ4n) is 0.644. The minimum absolute atomic E-state index is 0.0208. The molecule has 1 unspecified atom stereocenters. The van der Waals surface area contributed by atoms with E-state index in [1.807, 2.05) is 0 Å². The summed E-state index contributed by atoms with van der Waals surface area (Å²) in [5, 5.41) is 8.99. The van der Waals surface area contributed by atoms with Gasteiger partial charge in [-0.2, -0.15) is 0 Å². The molecule has 0 spiro atoms. The number of nitrogens with zero attached hydrogens (tertiary/aromatic N) is 1. The first-order valence-electron chi connectivity index (χ1n) is 3.55. The molecule has 0 saturated carbocycles. The Balaban J connectivity index is 3.70. The Bertz CT molecular complexity index is 139. The van der Waals surface area contributed by atoms with Gasteiger partial charge >= 0.3 is 0 Å². The lowest BCUT2D eigenvalue weighted by Gasteiger charge is -2.19. The van der Waals surface area contributed by atoms with Crippen molar-refractivity contribution in [3.05, 3.63) is 0 Å². The molecule has 5 nitrogen and oxygen atoms in total. The van der Waals surface area contributed by atoms with E-state index >= 15 is 0 Å². The van der Waals surface area contributed by atoms with Crippen molar-refractivity contribution in [3.8, 4) is 0 Å². The number of likely N-dealkylation sites (N-methyl/N-ethyl adjacent to an activating group) is 1. The van der Waals surface area contributed by atoms with E-state index in [0.29, 0.717) is 0 Å². The van der Waals surface area contributed by atoms with Gasteiger partial charge in [0.15, 0.2) is 6.29 Å². The molecule has 1 atom stereocenters. The topological polar surface area (TPSA) is 59.0 Å². The van der Waals surface area contributed by atoms with Gasteiger partial charge in [0.2, 0.25) is 5.91 Å². The van der Waals surface area contributed by atoms with E-state index < -0.39 is 6.29 Å². The number of aliphatic hydroxyl groups excluding tert-OH is 1. The van der Waals surface area contributed by atoms with Gasteiger partial charge in [0.1, 0.15) is 6.61 Å².